The molecule has 1 aliphatic heterocycles. The smallest absolute Gasteiger partial charge is 0.0571 e. The molecule has 1 aliphatic rings. The predicted octanol–water partition coefficient (Wildman–Crippen LogP) is 2.93. The van der Waals surface area contributed by atoms with Gasteiger partial charge in [0.25, 0.3) is 0 Å². The molecule has 1 saturated heterocycles. The van der Waals surface area contributed by atoms with Crippen molar-refractivity contribution >= 4 is 15.9 Å². The number of aromatic nitrogens is 2. The molecule has 0 bridgehead atoms. The zero-order chi connectivity index (χ0) is 12.5. The van der Waals surface area contributed by atoms with Gasteiger partial charge in [-0.1, -0.05) is 28.1 Å². The van der Waals surface area contributed by atoms with Crippen LogP contribution in [0.3, 0.4) is 0 Å². The molecule has 2 aromatic rings. The van der Waals surface area contributed by atoms with Crippen LogP contribution in [0.15, 0.2) is 34.9 Å². The van der Waals surface area contributed by atoms with Crippen molar-refractivity contribution in [2.24, 2.45) is 7.05 Å². The van der Waals surface area contributed by atoms with E-state index in [1.54, 1.807) is 0 Å². The first kappa shape index (κ1) is 11.9. The number of hydrogen-bond donors (Lipinski definition) is 1. The first-order valence-corrected chi connectivity index (χ1v) is 7.03. The molecule has 4 heteroatoms. The zero-order valence-electron chi connectivity index (χ0n) is 10.4. The number of hydrogen-bond acceptors (Lipinski definition) is 2. The highest BCUT2D eigenvalue weighted by molar-refractivity contribution is 9.10. The summed E-state index contributed by atoms with van der Waals surface area (Å²) in [4.78, 5) is 0. The number of halogens is 1. The minimum absolute atomic E-state index is 0.580. The molecule has 1 atom stereocenters. The molecule has 1 unspecified atom stereocenters. The molecule has 3 nitrogen and oxygen atoms in total. The first-order chi connectivity index (χ1) is 8.75. The van der Waals surface area contributed by atoms with Crippen LogP contribution in [-0.2, 0) is 7.05 Å². The lowest BCUT2D eigenvalue weighted by Gasteiger charge is -2.12. The van der Waals surface area contributed by atoms with E-state index in [0.29, 0.717) is 5.92 Å². The molecule has 1 aromatic carbocycles. The van der Waals surface area contributed by atoms with Gasteiger partial charge in [-0.05, 0) is 30.7 Å². The van der Waals surface area contributed by atoms with E-state index in [0.717, 1.165) is 17.6 Å². The molecule has 94 valence electrons. The highest BCUT2D eigenvalue weighted by Crippen LogP contribution is 2.32. The minimum atomic E-state index is 0.580. The average molecular weight is 306 g/mol. The Morgan fingerprint density at radius 3 is 2.78 bits per heavy atom. The number of nitrogens with one attached hydrogen (secondary N) is 1. The van der Waals surface area contributed by atoms with Crippen molar-refractivity contribution in [2.45, 2.75) is 12.3 Å². The van der Waals surface area contributed by atoms with Crippen LogP contribution >= 0.6 is 15.9 Å². The van der Waals surface area contributed by atoms with Gasteiger partial charge in [0.2, 0.25) is 0 Å². The molecule has 0 radical (unpaired) electrons. The second-order valence-electron chi connectivity index (χ2n) is 4.76. The van der Waals surface area contributed by atoms with E-state index in [-0.39, 0.29) is 0 Å². The molecule has 2 heterocycles. The van der Waals surface area contributed by atoms with E-state index in [2.05, 4.69) is 50.6 Å². The maximum Gasteiger partial charge on any atom is 0.0571 e. The maximum absolute atomic E-state index is 4.44. The summed E-state index contributed by atoms with van der Waals surface area (Å²) in [5, 5.41) is 7.86. The fourth-order valence-electron chi connectivity index (χ4n) is 2.67. The molecule has 1 aromatic heterocycles. The van der Waals surface area contributed by atoms with Crippen LogP contribution in [0.4, 0.5) is 0 Å². The van der Waals surface area contributed by atoms with Crippen molar-refractivity contribution in [1.29, 1.82) is 0 Å². The molecule has 3 rings (SSSR count). The summed E-state index contributed by atoms with van der Waals surface area (Å²) in [6.45, 7) is 2.17. The largest absolute Gasteiger partial charge is 0.316 e. The fraction of sp³-hybridized carbons (Fsp3) is 0.357. The summed E-state index contributed by atoms with van der Waals surface area (Å²) in [5.74, 6) is 0.580. The summed E-state index contributed by atoms with van der Waals surface area (Å²) in [6, 6.07) is 8.46. The van der Waals surface area contributed by atoms with Gasteiger partial charge in [0.15, 0.2) is 0 Å². The zero-order valence-corrected chi connectivity index (χ0v) is 11.9. The van der Waals surface area contributed by atoms with E-state index >= 15 is 0 Å². The number of benzene rings is 1. The Morgan fingerprint density at radius 2 is 2.11 bits per heavy atom. The number of aryl methyl sites for hydroxylation is 1. The second-order valence-corrected chi connectivity index (χ2v) is 5.68. The summed E-state index contributed by atoms with van der Waals surface area (Å²) in [5.41, 5.74) is 3.86. The van der Waals surface area contributed by atoms with Gasteiger partial charge in [-0.3, -0.25) is 4.68 Å². The monoisotopic (exact) mass is 305 g/mol. The van der Waals surface area contributed by atoms with Gasteiger partial charge in [0.1, 0.15) is 0 Å². The summed E-state index contributed by atoms with van der Waals surface area (Å²) >= 11 is 3.48. The maximum atomic E-state index is 4.44. The van der Waals surface area contributed by atoms with Gasteiger partial charge in [-0.15, -0.1) is 0 Å². The van der Waals surface area contributed by atoms with Crippen molar-refractivity contribution in [1.82, 2.24) is 15.1 Å². The minimum Gasteiger partial charge on any atom is -0.316 e. The van der Waals surface area contributed by atoms with Crippen molar-refractivity contribution in [3.8, 4) is 11.1 Å². The van der Waals surface area contributed by atoms with E-state index in [9.17, 15) is 0 Å². The third kappa shape index (κ3) is 2.10. The lowest BCUT2D eigenvalue weighted by molar-refractivity contribution is 0.638. The van der Waals surface area contributed by atoms with Crippen molar-refractivity contribution in [3.05, 3.63) is 40.6 Å². The predicted molar refractivity (Wildman–Crippen MR) is 76.6 cm³/mol. The van der Waals surface area contributed by atoms with E-state index < -0.39 is 0 Å². The lowest BCUT2D eigenvalue weighted by Crippen LogP contribution is -2.11. The number of nitrogens with zero attached hydrogens (tertiary/aromatic N) is 2. The molecule has 18 heavy (non-hydrogen) atoms. The van der Waals surface area contributed by atoms with E-state index in [1.165, 1.54) is 23.2 Å². The average Bonchev–Trinajstić information content (AvgIpc) is 2.99. The Labute approximate surface area is 115 Å². The molecular formula is C14H16BrN3. The van der Waals surface area contributed by atoms with Crippen LogP contribution < -0.4 is 5.32 Å². The molecule has 0 aliphatic carbocycles. The van der Waals surface area contributed by atoms with Crippen LogP contribution in [0.1, 0.15) is 18.0 Å². The Hall–Kier alpha value is -1.13. The third-order valence-corrected chi connectivity index (χ3v) is 4.12. The molecule has 0 spiro atoms. The van der Waals surface area contributed by atoms with Crippen LogP contribution in [-0.4, -0.2) is 22.9 Å². The van der Waals surface area contributed by atoms with Crippen LogP contribution in [0.5, 0.6) is 0 Å². The molecule has 1 N–H and O–H groups in total. The highest BCUT2D eigenvalue weighted by atomic mass is 79.9. The number of rotatable bonds is 2. The van der Waals surface area contributed by atoms with E-state index in [4.69, 9.17) is 0 Å². The van der Waals surface area contributed by atoms with E-state index in [1.807, 2.05) is 17.9 Å². The third-order valence-electron chi connectivity index (χ3n) is 3.59. The van der Waals surface area contributed by atoms with Crippen LogP contribution in [0.2, 0.25) is 0 Å². The Balaban J connectivity index is 2.04. The van der Waals surface area contributed by atoms with Gasteiger partial charge < -0.3 is 5.32 Å². The quantitative estimate of drug-likeness (QED) is 0.924. The van der Waals surface area contributed by atoms with Gasteiger partial charge in [0, 0.05) is 29.5 Å². The fourth-order valence-corrected chi connectivity index (χ4v) is 2.94. The standard InChI is InChI=1S/C14H16BrN3/c1-18-14(11-6-7-16-8-11)13(9-17-18)10-2-4-12(15)5-3-10/h2-5,9,11,16H,6-8H2,1H3. The Bertz CT molecular complexity index is 539. The molecular weight excluding hydrogens is 290 g/mol. The SMILES string of the molecule is Cn1ncc(-c2ccc(Br)cc2)c1C1CCNC1. The molecule has 0 amide bonds. The van der Waals surface area contributed by atoms with Gasteiger partial charge >= 0.3 is 0 Å². The summed E-state index contributed by atoms with van der Waals surface area (Å²) in [6.07, 6.45) is 3.18. The highest BCUT2D eigenvalue weighted by Gasteiger charge is 2.23. The summed E-state index contributed by atoms with van der Waals surface area (Å²) < 4.78 is 3.13. The first-order valence-electron chi connectivity index (χ1n) is 6.24. The second kappa shape index (κ2) is 4.86. The van der Waals surface area contributed by atoms with Crippen molar-refractivity contribution in [2.75, 3.05) is 13.1 Å². The van der Waals surface area contributed by atoms with Crippen LogP contribution in [0, 0.1) is 0 Å². The topological polar surface area (TPSA) is 29.9 Å². The van der Waals surface area contributed by atoms with Crippen molar-refractivity contribution in [3.63, 3.8) is 0 Å². The Kier molecular flexibility index (Phi) is 3.22. The molecule has 0 saturated carbocycles. The Morgan fingerprint density at radius 1 is 1.33 bits per heavy atom. The summed E-state index contributed by atoms with van der Waals surface area (Å²) in [7, 11) is 2.04. The van der Waals surface area contributed by atoms with Gasteiger partial charge in [0.05, 0.1) is 11.9 Å². The van der Waals surface area contributed by atoms with Crippen molar-refractivity contribution < 1.29 is 0 Å². The van der Waals surface area contributed by atoms with Gasteiger partial charge in [-0.25, -0.2) is 0 Å². The van der Waals surface area contributed by atoms with Crippen LogP contribution in [0.25, 0.3) is 11.1 Å². The molecule has 1 fully saturated rings. The van der Waals surface area contributed by atoms with Gasteiger partial charge in [-0.2, -0.15) is 5.10 Å². The normalized spacial score (nSPS) is 19.3. The lowest BCUT2D eigenvalue weighted by atomic mass is 9.97.